The summed E-state index contributed by atoms with van der Waals surface area (Å²) in [6.45, 7) is 2.96. The largest absolute Gasteiger partial charge is 0.493 e. The number of nitrogens with one attached hydrogen (secondary N) is 1. The minimum atomic E-state index is 0.0294. The van der Waals surface area contributed by atoms with Gasteiger partial charge in [-0.2, -0.15) is 0 Å². The van der Waals surface area contributed by atoms with Crippen molar-refractivity contribution in [2.75, 3.05) is 32.1 Å². The number of piperidine rings is 1. The quantitative estimate of drug-likeness (QED) is 0.580. The molecule has 1 N–H and O–H groups in total. The molecular formula is C27H36N2O3. The summed E-state index contributed by atoms with van der Waals surface area (Å²) in [7, 11) is 1.66. The zero-order valence-electron chi connectivity index (χ0n) is 19.2. The van der Waals surface area contributed by atoms with Gasteiger partial charge in [0.05, 0.1) is 19.1 Å². The summed E-state index contributed by atoms with van der Waals surface area (Å²) in [5.41, 5.74) is 2.17. The highest BCUT2D eigenvalue weighted by atomic mass is 16.5. The van der Waals surface area contributed by atoms with Crippen molar-refractivity contribution in [1.82, 2.24) is 4.90 Å². The number of carbonyl (C=O) groups excluding carboxylic acids is 1. The molecule has 4 rings (SSSR count). The van der Waals surface area contributed by atoms with E-state index in [9.17, 15) is 4.79 Å². The number of benzene rings is 2. The van der Waals surface area contributed by atoms with E-state index in [2.05, 4.69) is 40.5 Å². The van der Waals surface area contributed by atoms with Crippen molar-refractivity contribution in [3.63, 3.8) is 0 Å². The van der Waals surface area contributed by atoms with E-state index in [1.54, 1.807) is 7.11 Å². The van der Waals surface area contributed by atoms with Gasteiger partial charge in [0.2, 0.25) is 5.91 Å². The molecule has 0 aromatic heterocycles. The van der Waals surface area contributed by atoms with E-state index in [-0.39, 0.29) is 17.9 Å². The van der Waals surface area contributed by atoms with Gasteiger partial charge in [0, 0.05) is 18.3 Å². The average Bonchev–Trinajstić information content (AvgIpc) is 3.33. The maximum atomic E-state index is 13.0. The van der Waals surface area contributed by atoms with Crippen LogP contribution in [-0.2, 0) is 11.2 Å². The Bertz CT molecular complexity index is 864. The topological polar surface area (TPSA) is 50.8 Å². The van der Waals surface area contributed by atoms with Crippen molar-refractivity contribution in [2.45, 2.75) is 57.5 Å². The number of hydrogen-bond donors (Lipinski definition) is 1. The van der Waals surface area contributed by atoms with Crippen LogP contribution >= 0.6 is 0 Å². The number of amides is 1. The molecular weight excluding hydrogens is 400 g/mol. The SMILES string of the molecule is COc1ccc(NC(=O)[C@H]2CCCN(CCCc3ccccc3)C2)cc1OC1CCCC1. The number of likely N-dealkylation sites (tertiary alicyclic amines) is 1. The Hall–Kier alpha value is -2.53. The number of carbonyl (C=O) groups is 1. The van der Waals surface area contributed by atoms with Crippen LogP contribution < -0.4 is 14.8 Å². The number of hydrogen-bond acceptors (Lipinski definition) is 4. The number of methoxy groups -OCH3 is 1. The molecule has 1 saturated heterocycles. The molecule has 1 aliphatic heterocycles. The summed E-state index contributed by atoms with van der Waals surface area (Å²) in [5, 5.41) is 3.13. The lowest BCUT2D eigenvalue weighted by Gasteiger charge is -2.32. The first-order valence-corrected chi connectivity index (χ1v) is 12.1. The van der Waals surface area contributed by atoms with Gasteiger partial charge in [-0.1, -0.05) is 30.3 Å². The molecule has 0 spiro atoms. The van der Waals surface area contributed by atoms with Crippen molar-refractivity contribution in [2.24, 2.45) is 5.92 Å². The molecule has 2 fully saturated rings. The average molecular weight is 437 g/mol. The fraction of sp³-hybridized carbons (Fsp3) is 0.519. The Kier molecular flexibility index (Phi) is 8.05. The molecule has 0 radical (unpaired) electrons. The first-order valence-electron chi connectivity index (χ1n) is 12.1. The Morgan fingerprint density at radius 2 is 1.84 bits per heavy atom. The monoisotopic (exact) mass is 436 g/mol. The Labute approximate surface area is 192 Å². The van der Waals surface area contributed by atoms with Crippen LogP contribution in [0.3, 0.4) is 0 Å². The van der Waals surface area contributed by atoms with E-state index in [4.69, 9.17) is 9.47 Å². The van der Waals surface area contributed by atoms with Crippen molar-refractivity contribution < 1.29 is 14.3 Å². The number of rotatable bonds is 9. The summed E-state index contributed by atoms with van der Waals surface area (Å²) >= 11 is 0. The fourth-order valence-corrected chi connectivity index (χ4v) is 4.90. The van der Waals surface area contributed by atoms with Crippen molar-refractivity contribution in [1.29, 1.82) is 0 Å². The highest BCUT2D eigenvalue weighted by Gasteiger charge is 2.26. The number of ether oxygens (including phenoxy) is 2. The molecule has 0 bridgehead atoms. The highest BCUT2D eigenvalue weighted by Crippen LogP contribution is 2.34. The molecule has 1 atom stereocenters. The lowest BCUT2D eigenvalue weighted by Crippen LogP contribution is -2.41. The van der Waals surface area contributed by atoms with Crippen LogP contribution in [0.4, 0.5) is 5.69 Å². The molecule has 1 aliphatic carbocycles. The van der Waals surface area contributed by atoms with Crippen LogP contribution in [0.5, 0.6) is 11.5 Å². The van der Waals surface area contributed by atoms with Crippen LogP contribution in [0.2, 0.25) is 0 Å². The number of nitrogens with zero attached hydrogens (tertiary/aromatic N) is 1. The van der Waals surface area contributed by atoms with Crippen LogP contribution in [-0.4, -0.2) is 43.7 Å². The summed E-state index contributed by atoms with van der Waals surface area (Å²) < 4.78 is 11.6. The molecule has 1 heterocycles. The lowest BCUT2D eigenvalue weighted by atomic mass is 9.96. The van der Waals surface area contributed by atoms with E-state index < -0.39 is 0 Å². The number of anilines is 1. The van der Waals surface area contributed by atoms with E-state index in [0.29, 0.717) is 0 Å². The second kappa shape index (κ2) is 11.4. The molecule has 5 nitrogen and oxygen atoms in total. The fourth-order valence-electron chi connectivity index (χ4n) is 4.90. The lowest BCUT2D eigenvalue weighted by molar-refractivity contribution is -0.121. The molecule has 2 aromatic carbocycles. The van der Waals surface area contributed by atoms with E-state index in [1.807, 2.05) is 18.2 Å². The number of aryl methyl sites for hydroxylation is 1. The van der Waals surface area contributed by atoms with Gasteiger partial charge in [-0.3, -0.25) is 4.79 Å². The molecule has 172 valence electrons. The molecule has 2 aromatic rings. The molecule has 5 heteroatoms. The van der Waals surface area contributed by atoms with Gasteiger partial charge in [-0.05, 0) is 82.2 Å². The van der Waals surface area contributed by atoms with Gasteiger partial charge in [0.15, 0.2) is 11.5 Å². The van der Waals surface area contributed by atoms with Crippen LogP contribution in [0.15, 0.2) is 48.5 Å². The third-order valence-corrected chi connectivity index (χ3v) is 6.69. The van der Waals surface area contributed by atoms with Gasteiger partial charge in [0.1, 0.15) is 0 Å². The second-order valence-corrected chi connectivity index (χ2v) is 9.11. The highest BCUT2D eigenvalue weighted by molar-refractivity contribution is 5.93. The second-order valence-electron chi connectivity index (χ2n) is 9.11. The minimum absolute atomic E-state index is 0.0294. The summed E-state index contributed by atoms with van der Waals surface area (Å²) in [6.07, 6.45) is 9.08. The van der Waals surface area contributed by atoms with Crippen LogP contribution in [0, 0.1) is 5.92 Å². The van der Waals surface area contributed by atoms with E-state index in [1.165, 1.54) is 18.4 Å². The molecule has 0 unspecified atom stereocenters. The van der Waals surface area contributed by atoms with Crippen LogP contribution in [0.25, 0.3) is 0 Å². The maximum absolute atomic E-state index is 13.0. The summed E-state index contributed by atoms with van der Waals surface area (Å²) in [4.78, 5) is 15.5. The molecule has 32 heavy (non-hydrogen) atoms. The van der Waals surface area contributed by atoms with Gasteiger partial charge in [-0.25, -0.2) is 0 Å². The predicted octanol–water partition coefficient (Wildman–Crippen LogP) is 5.30. The zero-order valence-corrected chi connectivity index (χ0v) is 19.2. The Morgan fingerprint density at radius 1 is 1.03 bits per heavy atom. The Balaban J connectivity index is 1.29. The van der Waals surface area contributed by atoms with Crippen molar-refractivity contribution >= 4 is 11.6 Å². The van der Waals surface area contributed by atoms with Crippen LogP contribution in [0.1, 0.15) is 50.5 Å². The van der Waals surface area contributed by atoms with Gasteiger partial charge >= 0.3 is 0 Å². The summed E-state index contributed by atoms with van der Waals surface area (Å²) in [5.74, 6) is 1.58. The third-order valence-electron chi connectivity index (χ3n) is 6.69. The van der Waals surface area contributed by atoms with Gasteiger partial charge < -0.3 is 19.7 Å². The van der Waals surface area contributed by atoms with Gasteiger partial charge in [0.25, 0.3) is 0 Å². The molecule has 2 aliphatic rings. The van der Waals surface area contributed by atoms with Gasteiger partial charge in [-0.15, -0.1) is 0 Å². The maximum Gasteiger partial charge on any atom is 0.228 e. The predicted molar refractivity (Wildman–Crippen MR) is 128 cm³/mol. The van der Waals surface area contributed by atoms with Crippen molar-refractivity contribution in [3.05, 3.63) is 54.1 Å². The summed E-state index contributed by atoms with van der Waals surface area (Å²) in [6, 6.07) is 16.3. The minimum Gasteiger partial charge on any atom is -0.493 e. The third kappa shape index (κ3) is 6.26. The zero-order chi connectivity index (χ0) is 22.2. The molecule has 1 saturated carbocycles. The van der Waals surface area contributed by atoms with Crippen molar-refractivity contribution in [3.8, 4) is 11.5 Å². The smallest absolute Gasteiger partial charge is 0.228 e. The normalized spacial score (nSPS) is 19.6. The first kappa shape index (κ1) is 22.7. The van der Waals surface area contributed by atoms with E-state index in [0.717, 1.165) is 75.3 Å². The Morgan fingerprint density at radius 3 is 2.62 bits per heavy atom. The first-order chi connectivity index (χ1) is 15.7. The standard InChI is InChI=1S/C27H36N2O3/c1-31-25-16-15-23(19-26(25)32-24-13-5-6-14-24)28-27(30)22-12-8-18-29(20-22)17-7-11-21-9-3-2-4-10-21/h2-4,9-10,15-16,19,22,24H,5-8,11-14,17-18,20H2,1H3,(H,28,30)/t22-/m0/s1. The molecule has 1 amide bonds. The van der Waals surface area contributed by atoms with E-state index >= 15 is 0 Å².